The predicted molar refractivity (Wildman–Crippen MR) is 83.2 cm³/mol. The van der Waals surface area contributed by atoms with Gasteiger partial charge in [0.1, 0.15) is 0 Å². The van der Waals surface area contributed by atoms with Crippen LogP contribution in [0.2, 0.25) is 0 Å². The Morgan fingerprint density at radius 3 is 2.53 bits per heavy atom. The van der Waals surface area contributed by atoms with Crippen LogP contribution >= 0.6 is 24.0 Å². The van der Waals surface area contributed by atoms with Crippen LogP contribution in [0.3, 0.4) is 0 Å². The summed E-state index contributed by atoms with van der Waals surface area (Å²) in [6, 6.07) is 0.682. The maximum atomic E-state index is 4.23. The molecular weight excluding hydrogens is 327 g/mol. The first-order valence-electron chi connectivity index (χ1n) is 6.58. The highest BCUT2D eigenvalue weighted by Gasteiger charge is 2.22. The zero-order valence-electron chi connectivity index (χ0n) is 10.7. The average Bonchev–Trinajstić information content (AvgIpc) is 3.13. The van der Waals surface area contributed by atoms with E-state index in [0.29, 0.717) is 6.04 Å². The molecule has 0 aromatic carbocycles. The van der Waals surface area contributed by atoms with Gasteiger partial charge < -0.3 is 15.5 Å². The van der Waals surface area contributed by atoms with Crippen molar-refractivity contribution in [2.75, 3.05) is 33.2 Å². The second-order valence-electron chi connectivity index (χ2n) is 4.82. The summed E-state index contributed by atoms with van der Waals surface area (Å²) >= 11 is 0. The molecule has 2 rings (SSSR count). The van der Waals surface area contributed by atoms with Crippen LogP contribution in [0.15, 0.2) is 4.99 Å². The first kappa shape index (κ1) is 15.0. The number of piperidine rings is 1. The molecule has 0 radical (unpaired) electrons. The number of hydrogen-bond donors (Lipinski definition) is 2. The lowest BCUT2D eigenvalue weighted by atomic mass is 10.1. The minimum Gasteiger partial charge on any atom is -0.355 e. The van der Waals surface area contributed by atoms with Gasteiger partial charge in [0.15, 0.2) is 5.96 Å². The third-order valence-corrected chi connectivity index (χ3v) is 3.31. The molecule has 1 saturated heterocycles. The average molecular weight is 352 g/mol. The highest BCUT2D eigenvalue weighted by atomic mass is 127. The van der Waals surface area contributed by atoms with Crippen LogP contribution in [-0.4, -0.2) is 50.1 Å². The fourth-order valence-corrected chi connectivity index (χ4v) is 2.13. The number of hydrogen-bond acceptors (Lipinski definition) is 2. The lowest BCUT2D eigenvalue weighted by molar-refractivity contribution is 0.232. The minimum absolute atomic E-state index is 0. The zero-order valence-corrected chi connectivity index (χ0v) is 13.1. The van der Waals surface area contributed by atoms with Gasteiger partial charge in [-0.1, -0.05) is 6.42 Å². The van der Waals surface area contributed by atoms with Crippen LogP contribution < -0.4 is 10.6 Å². The van der Waals surface area contributed by atoms with Crippen LogP contribution in [0.1, 0.15) is 32.1 Å². The smallest absolute Gasteiger partial charge is 0.191 e. The van der Waals surface area contributed by atoms with Gasteiger partial charge in [-0.15, -0.1) is 24.0 Å². The molecule has 17 heavy (non-hydrogen) atoms. The van der Waals surface area contributed by atoms with Crippen LogP contribution in [0.5, 0.6) is 0 Å². The van der Waals surface area contributed by atoms with Gasteiger partial charge in [-0.2, -0.15) is 0 Å². The summed E-state index contributed by atoms with van der Waals surface area (Å²) in [5.41, 5.74) is 0. The van der Waals surface area contributed by atoms with E-state index in [4.69, 9.17) is 0 Å². The van der Waals surface area contributed by atoms with Crippen molar-refractivity contribution in [3.63, 3.8) is 0 Å². The Hall–Kier alpha value is -0.0400. The fourth-order valence-electron chi connectivity index (χ4n) is 2.13. The minimum atomic E-state index is 0. The predicted octanol–water partition coefficient (Wildman–Crippen LogP) is 1.42. The van der Waals surface area contributed by atoms with E-state index in [0.717, 1.165) is 19.0 Å². The van der Waals surface area contributed by atoms with E-state index in [2.05, 4.69) is 20.5 Å². The van der Waals surface area contributed by atoms with E-state index in [9.17, 15) is 0 Å². The Morgan fingerprint density at radius 2 is 1.94 bits per heavy atom. The molecule has 0 amide bonds. The van der Waals surface area contributed by atoms with Crippen molar-refractivity contribution >= 4 is 29.9 Å². The summed E-state index contributed by atoms with van der Waals surface area (Å²) < 4.78 is 0. The van der Waals surface area contributed by atoms with Gasteiger partial charge in [0.2, 0.25) is 0 Å². The lowest BCUT2D eigenvalue weighted by Gasteiger charge is -2.26. The topological polar surface area (TPSA) is 39.7 Å². The summed E-state index contributed by atoms with van der Waals surface area (Å²) in [7, 11) is 1.85. The monoisotopic (exact) mass is 352 g/mol. The van der Waals surface area contributed by atoms with Crippen molar-refractivity contribution in [1.82, 2.24) is 15.5 Å². The van der Waals surface area contributed by atoms with E-state index in [-0.39, 0.29) is 24.0 Å². The SMILES string of the molecule is CN=C(NCCN1CCCCC1)NC1CC1.I. The molecule has 0 unspecified atom stereocenters. The Kier molecular flexibility index (Phi) is 7.18. The maximum Gasteiger partial charge on any atom is 0.191 e. The van der Waals surface area contributed by atoms with E-state index in [1.54, 1.807) is 0 Å². The van der Waals surface area contributed by atoms with Gasteiger partial charge in [-0.3, -0.25) is 4.99 Å². The highest BCUT2D eigenvalue weighted by Crippen LogP contribution is 2.18. The van der Waals surface area contributed by atoms with Crippen LogP contribution in [0.25, 0.3) is 0 Å². The highest BCUT2D eigenvalue weighted by molar-refractivity contribution is 14.0. The maximum absolute atomic E-state index is 4.23. The molecule has 0 aromatic rings. The molecule has 1 aliphatic heterocycles. The molecule has 5 heteroatoms. The van der Waals surface area contributed by atoms with Gasteiger partial charge in [-0.05, 0) is 38.8 Å². The molecule has 1 heterocycles. The van der Waals surface area contributed by atoms with Crippen molar-refractivity contribution in [1.29, 1.82) is 0 Å². The molecular formula is C12H25IN4. The summed E-state index contributed by atoms with van der Waals surface area (Å²) in [5, 5.41) is 6.78. The van der Waals surface area contributed by atoms with Crippen molar-refractivity contribution in [3.8, 4) is 0 Å². The van der Waals surface area contributed by atoms with Crippen LogP contribution in [-0.2, 0) is 0 Å². The van der Waals surface area contributed by atoms with Crippen molar-refractivity contribution in [2.24, 2.45) is 4.99 Å². The molecule has 0 aromatic heterocycles. The fraction of sp³-hybridized carbons (Fsp3) is 0.917. The normalized spacial score (nSPS) is 21.8. The number of guanidine groups is 1. The molecule has 2 fully saturated rings. The van der Waals surface area contributed by atoms with Crippen LogP contribution in [0, 0.1) is 0 Å². The van der Waals surface area contributed by atoms with Crippen molar-refractivity contribution in [2.45, 2.75) is 38.1 Å². The number of halogens is 1. The number of likely N-dealkylation sites (tertiary alicyclic amines) is 1. The molecule has 4 nitrogen and oxygen atoms in total. The van der Waals surface area contributed by atoms with Crippen molar-refractivity contribution < 1.29 is 0 Å². The van der Waals surface area contributed by atoms with Gasteiger partial charge in [0.25, 0.3) is 0 Å². The summed E-state index contributed by atoms with van der Waals surface area (Å²) in [5.74, 6) is 0.972. The largest absolute Gasteiger partial charge is 0.355 e. The van der Waals surface area contributed by atoms with Crippen molar-refractivity contribution in [3.05, 3.63) is 0 Å². The Bertz CT molecular complexity index is 235. The number of nitrogens with one attached hydrogen (secondary N) is 2. The molecule has 100 valence electrons. The van der Waals surface area contributed by atoms with E-state index in [1.165, 1.54) is 45.2 Å². The first-order valence-corrected chi connectivity index (χ1v) is 6.58. The van der Waals surface area contributed by atoms with E-state index < -0.39 is 0 Å². The molecule has 0 atom stereocenters. The quantitative estimate of drug-likeness (QED) is 0.457. The molecule has 0 spiro atoms. The summed E-state index contributed by atoms with van der Waals surface area (Å²) in [6.45, 7) is 4.70. The lowest BCUT2D eigenvalue weighted by Crippen LogP contribution is -2.43. The molecule has 2 aliphatic rings. The molecule has 1 saturated carbocycles. The standard InChI is InChI=1S/C12H24N4.HI/c1-13-12(15-11-5-6-11)14-7-10-16-8-3-2-4-9-16;/h11H,2-10H2,1H3,(H2,13,14,15);1H. The second kappa shape index (κ2) is 8.13. The van der Waals surface area contributed by atoms with E-state index >= 15 is 0 Å². The summed E-state index contributed by atoms with van der Waals surface area (Å²) in [4.78, 5) is 6.77. The Balaban J connectivity index is 0.00000144. The first-order chi connectivity index (χ1) is 7.88. The van der Waals surface area contributed by atoms with Gasteiger partial charge in [0, 0.05) is 26.2 Å². The number of aliphatic imine (C=N–C) groups is 1. The van der Waals surface area contributed by atoms with Crippen LogP contribution in [0.4, 0.5) is 0 Å². The Labute approximate surface area is 122 Å². The third kappa shape index (κ3) is 5.90. The molecule has 2 N–H and O–H groups in total. The zero-order chi connectivity index (χ0) is 11.2. The van der Waals surface area contributed by atoms with Gasteiger partial charge >= 0.3 is 0 Å². The number of rotatable bonds is 4. The second-order valence-corrected chi connectivity index (χ2v) is 4.82. The van der Waals surface area contributed by atoms with E-state index in [1.807, 2.05) is 7.05 Å². The Morgan fingerprint density at radius 1 is 1.24 bits per heavy atom. The number of nitrogens with zero attached hydrogens (tertiary/aromatic N) is 2. The summed E-state index contributed by atoms with van der Waals surface area (Å²) in [6.07, 6.45) is 6.75. The van der Waals surface area contributed by atoms with Gasteiger partial charge in [-0.25, -0.2) is 0 Å². The molecule has 1 aliphatic carbocycles. The van der Waals surface area contributed by atoms with Gasteiger partial charge in [0.05, 0.1) is 0 Å². The third-order valence-electron chi connectivity index (χ3n) is 3.31. The molecule has 0 bridgehead atoms.